The second-order valence-electron chi connectivity index (χ2n) is 9.80. The van der Waals surface area contributed by atoms with Crippen LogP contribution in [0.15, 0.2) is 46.9 Å². The van der Waals surface area contributed by atoms with Crippen LogP contribution < -0.4 is 5.32 Å². The van der Waals surface area contributed by atoms with Crippen LogP contribution in [-0.2, 0) is 10.2 Å². The number of benzene rings is 2. The molecule has 1 saturated heterocycles. The van der Waals surface area contributed by atoms with Crippen LogP contribution in [0.2, 0.25) is 0 Å². The Kier molecular flexibility index (Phi) is 6.40. The summed E-state index contributed by atoms with van der Waals surface area (Å²) in [4.78, 5) is 15.5. The van der Waals surface area contributed by atoms with Gasteiger partial charge in [0.15, 0.2) is 5.76 Å². The second-order valence-corrected chi connectivity index (χ2v) is 9.80. The van der Waals surface area contributed by atoms with Crippen LogP contribution in [-0.4, -0.2) is 43.7 Å². The molecule has 3 aromatic rings. The molecule has 5 nitrogen and oxygen atoms in total. The minimum Gasteiger partial charge on any atom is -0.451 e. The van der Waals surface area contributed by atoms with Crippen LogP contribution in [0.4, 0.5) is 0 Å². The van der Waals surface area contributed by atoms with Crippen molar-refractivity contribution >= 4 is 16.9 Å². The van der Waals surface area contributed by atoms with Crippen molar-refractivity contribution in [1.29, 1.82) is 0 Å². The van der Waals surface area contributed by atoms with Gasteiger partial charge in [0.1, 0.15) is 5.58 Å². The maximum absolute atomic E-state index is 13.1. The van der Waals surface area contributed by atoms with E-state index in [1.807, 2.05) is 32.0 Å². The number of amides is 1. The van der Waals surface area contributed by atoms with Crippen molar-refractivity contribution in [3.8, 4) is 0 Å². The van der Waals surface area contributed by atoms with Gasteiger partial charge in [-0.2, -0.15) is 0 Å². The second kappa shape index (κ2) is 9.08. The molecule has 0 spiro atoms. The summed E-state index contributed by atoms with van der Waals surface area (Å²) < 4.78 is 11.5. The molecule has 1 amide bonds. The first-order valence-electron chi connectivity index (χ1n) is 11.4. The number of nitrogens with zero attached hydrogens (tertiary/aromatic N) is 1. The monoisotopic (exact) mass is 434 g/mol. The van der Waals surface area contributed by atoms with E-state index in [9.17, 15) is 4.79 Å². The van der Waals surface area contributed by atoms with Gasteiger partial charge >= 0.3 is 0 Å². The first-order chi connectivity index (χ1) is 15.2. The van der Waals surface area contributed by atoms with E-state index in [0.29, 0.717) is 25.5 Å². The highest BCUT2D eigenvalue weighted by atomic mass is 16.5. The topological polar surface area (TPSA) is 54.7 Å². The number of aryl methyl sites for hydroxylation is 2. The van der Waals surface area contributed by atoms with Gasteiger partial charge in [-0.1, -0.05) is 57.2 Å². The molecule has 0 saturated carbocycles. The van der Waals surface area contributed by atoms with Crippen molar-refractivity contribution < 1.29 is 13.9 Å². The molecule has 4 rings (SSSR count). The Hall–Kier alpha value is -2.63. The number of nitrogens with one attached hydrogen (secondary N) is 1. The van der Waals surface area contributed by atoms with E-state index in [0.717, 1.165) is 35.2 Å². The molecule has 0 aliphatic carbocycles. The minimum absolute atomic E-state index is 0.0868. The summed E-state index contributed by atoms with van der Waals surface area (Å²) >= 11 is 0. The van der Waals surface area contributed by atoms with E-state index in [-0.39, 0.29) is 17.4 Å². The molecule has 2 heterocycles. The predicted molar refractivity (Wildman–Crippen MR) is 128 cm³/mol. The van der Waals surface area contributed by atoms with Crippen molar-refractivity contribution in [2.45, 2.75) is 46.1 Å². The number of fused-ring (bicyclic) bond motifs is 1. The Morgan fingerprint density at radius 3 is 2.41 bits per heavy atom. The molecule has 5 heteroatoms. The molecule has 1 aliphatic rings. The van der Waals surface area contributed by atoms with Crippen LogP contribution in [0.3, 0.4) is 0 Å². The van der Waals surface area contributed by atoms with Crippen molar-refractivity contribution in [3.05, 3.63) is 70.5 Å². The van der Waals surface area contributed by atoms with Gasteiger partial charge in [-0.3, -0.25) is 9.69 Å². The molecule has 32 heavy (non-hydrogen) atoms. The Labute approximate surface area is 190 Å². The zero-order valence-corrected chi connectivity index (χ0v) is 19.8. The number of morpholine rings is 1. The normalized spacial score (nSPS) is 16.3. The summed E-state index contributed by atoms with van der Waals surface area (Å²) in [7, 11) is 0. The van der Waals surface area contributed by atoms with Gasteiger partial charge in [-0.15, -0.1) is 0 Å². The van der Waals surface area contributed by atoms with Gasteiger partial charge in [0.2, 0.25) is 0 Å². The maximum atomic E-state index is 13.1. The first-order valence-corrected chi connectivity index (χ1v) is 11.4. The molecule has 0 unspecified atom stereocenters. The Morgan fingerprint density at radius 1 is 1.06 bits per heavy atom. The highest BCUT2D eigenvalue weighted by Gasteiger charge is 2.25. The third-order valence-electron chi connectivity index (χ3n) is 6.40. The average Bonchev–Trinajstić information content (AvgIpc) is 3.10. The molecule has 1 aromatic heterocycles. The third-order valence-corrected chi connectivity index (χ3v) is 6.40. The molecule has 1 N–H and O–H groups in total. The molecule has 170 valence electrons. The van der Waals surface area contributed by atoms with Crippen LogP contribution in [0.5, 0.6) is 0 Å². The summed E-state index contributed by atoms with van der Waals surface area (Å²) in [6, 6.07) is 14.9. The molecular weight excluding hydrogens is 400 g/mol. The molecule has 1 atom stereocenters. The van der Waals surface area contributed by atoms with Gasteiger partial charge in [0.25, 0.3) is 5.91 Å². The number of carbonyl (C=O) groups excluding carboxylic acids is 1. The number of hydrogen-bond donors (Lipinski definition) is 1. The number of rotatable bonds is 5. The van der Waals surface area contributed by atoms with E-state index < -0.39 is 0 Å². The summed E-state index contributed by atoms with van der Waals surface area (Å²) in [5.74, 6) is 0.232. The van der Waals surface area contributed by atoms with E-state index in [2.05, 4.69) is 55.3 Å². The molecule has 1 aliphatic heterocycles. The smallest absolute Gasteiger partial charge is 0.287 e. The maximum Gasteiger partial charge on any atom is 0.287 e. The number of ether oxygens (including phenoxy) is 1. The fourth-order valence-electron chi connectivity index (χ4n) is 4.37. The van der Waals surface area contributed by atoms with Crippen molar-refractivity contribution in [2.24, 2.45) is 0 Å². The number of furan rings is 1. The summed E-state index contributed by atoms with van der Waals surface area (Å²) in [5, 5.41) is 4.13. The lowest BCUT2D eigenvalue weighted by Crippen LogP contribution is -2.43. The van der Waals surface area contributed by atoms with Crippen molar-refractivity contribution in [2.75, 3.05) is 32.8 Å². The zero-order chi connectivity index (χ0) is 22.9. The molecule has 0 radical (unpaired) electrons. The van der Waals surface area contributed by atoms with E-state index >= 15 is 0 Å². The summed E-state index contributed by atoms with van der Waals surface area (Å²) in [5.41, 5.74) is 5.38. The Morgan fingerprint density at radius 2 is 1.75 bits per heavy atom. The number of hydrogen-bond acceptors (Lipinski definition) is 4. The fraction of sp³-hybridized carbons (Fsp3) is 0.444. The molecule has 2 aromatic carbocycles. The van der Waals surface area contributed by atoms with Crippen molar-refractivity contribution in [1.82, 2.24) is 10.2 Å². The Bertz CT molecular complexity index is 1090. The van der Waals surface area contributed by atoms with E-state index in [1.54, 1.807) is 0 Å². The van der Waals surface area contributed by atoms with Crippen LogP contribution >= 0.6 is 0 Å². The minimum atomic E-state index is -0.166. The fourth-order valence-corrected chi connectivity index (χ4v) is 4.37. The zero-order valence-electron chi connectivity index (χ0n) is 19.8. The highest BCUT2D eigenvalue weighted by Crippen LogP contribution is 2.28. The SMILES string of the molecule is Cc1ccc2c(C)c(C(=O)NC[C@@H](c3ccc(C(C)(C)C)cc3)N3CCOCC3)oc2c1. The van der Waals surface area contributed by atoms with Gasteiger partial charge in [-0.05, 0) is 42.0 Å². The van der Waals surface area contributed by atoms with Gasteiger partial charge < -0.3 is 14.5 Å². The predicted octanol–water partition coefficient (Wildman–Crippen LogP) is 5.15. The van der Waals surface area contributed by atoms with E-state index in [4.69, 9.17) is 9.15 Å². The summed E-state index contributed by atoms with van der Waals surface area (Å²) in [6.45, 7) is 14.3. The van der Waals surface area contributed by atoms with Crippen molar-refractivity contribution in [3.63, 3.8) is 0 Å². The van der Waals surface area contributed by atoms with Crippen LogP contribution in [0.1, 0.15) is 59.6 Å². The van der Waals surface area contributed by atoms with Crippen LogP contribution in [0.25, 0.3) is 11.0 Å². The first kappa shape index (κ1) is 22.6. The number of carbonyl (C=O) groups is 1. The van der Waals surface area contributed by atoms with E-state index in [1.165, 1.54) is 11.1 Å². The van der Waals surface area contributed by atoms with Gasteiger partial charge in [0.05, 0.1) is 19.3 Å². The summed E-state index contributed by atoms with van der Waals surface area (Å²) in [6.07, 6.45) is 0. The highest BCUT2D eigenvalue weighted by molar-refractivity contribution is 5.99. The lowest BCUT2D eigenvalue weighted by Gasteiger charge is -2.35. The largest absolute Gasteiger partial charge is 0.451 e. The average molecular weight is 435 g/mol. The molecule has 0 bridgehead atoms. The standard InChI is InChI=1S/C27H34N2O3/c1-18-6-11-22-19(2)25(32-24(22)16-18)26(30)28-17-23(29-12-14-31-15-13-29)20-7-9-21(10-8-20)27(3,4)5/h6-11,16,23H,12-15,17H2,1-5H3,(H,28,30)/t23-/m0/s1. The molecule has 1 fully saturated rings. The Balaban J connectivity index is 1.55. The quantitative estimate of drug-likeness (QED) is 0.603. The molecular formula is C27H34N2O3. The third kappa shape index (κ3) is 4.74. The van der Waals surface area contributed by atoms with Gasteiger partial charge in [0, 0.05) is 30.6 Å². The van der Waals surface area contributed by atoms with Crippen LogP contribution in [0, 0.1) is 13.8 Å². The van der Waals surface area contributed by atoms with Gasteiger partial charge in [-0.25, -0.2) is 0 Å². The lowest BCUT2D eigenvalue weighted by atomic mass is 9.86. The lowest BCUT2D eigenvalue weighted by molar-refractivity contribution is 0.0161.